The Morgan fingerprint density at radius 1 is 0.906 bits per heavy atom. The van der Waals surface area contributed by atoms with Crippen LogP contribution in [0.25, 0.3) is 0 Å². The first-order chi connectivity index (χ1) is 14.9. The predicted molar refractivity (Wildman–Crippen MR) is 125 cm³/mol. The number of aliphatic carboxylic acids is 2. The van der Waals surface area contributed by atoms with E-state index in [-0.39, 0.29) is 37.4 Å². The van der Waals surface area contributed by atoms with E-state index in [2.05, 4.69) is 28.6 Å². The van der Waals surface area contributed by atoms with Gasteiger partial charge in [-0.3, -0.25) is 19.2 Å². The van der Waals surface area contributed by atoms with Crippen molar-refractivity contribution in [3.8, 4) is 0 Å². The van der Waals surface area contributed by atoms with E-state index >= 15 is 0 Å². The molecule has 0 aliphatic heterocycles. The summed E-state index contributed by atoms with van der Waals surface area (Å²) in [6.45, 7) is 3.68. The van der Waals surface area contributed by atoms with Crippen LogP contribution in [0.15, 0.2) is 0 Å². The lowest BCUT2D eigenvalue weighted by Gasteiger charge is -2.25. The third-order valence-corrected chi connectivity index (χ3v) is 5.40. The standard InChI is InChI=1S/C19H34N4O7S2/c1-10(2)8-13(17(27)21-12(19(29)30)6-7-32-3)22-18(28)14(9-31)23-16(26)11(20)4-5-15(24)25/h10-14,31H,4-9,20H2,1-3H3,(H,21,27)(H,22,28)(H,23,26)(H,24,25)(H,29,30). The lowest BCUT2D eigenvalue weighted by Crippen LogP contribution is -2.57. The van der Waals surface area contributed by atoms with E-state index in [0.29, 0.717) is 5.75 Å². The number of nitrogens with two attached hydrogens (primary N) is 1. The predicted octanol–water partition coefficient (Wildman–Crippen LogP) is -0.553. The van der Waals surface area contributed by atoms with Gasteiger partial charge in [0.2, 0.25) is 17.7 Å². The average Bonchev–Trinajstić information content (AvgIpc) is 2.71. The molecule has 0 aliphatic carbocycles. The molecule has 0 heterocycles. The zero-order chi connectivity index (χ0) is 24.8. The molecular formula is C19H34N4O7S2. The van der Waals surface area contributed by atoms with Crippen LogP contribution in [0.1, 0.15) is 39.5 Å². The van der Waals surface area contributed by atoms with E-state index in [9.17, 15) is 29.1 Å². The SMILES string of the molecule is CSCCC(NC(=O)C(CC(C)C)NC(=O)C(CS)NC(=O)C(N)CCC(=O)O)C(=O)O. The van der Waals surface area contributed by atoms with Crippen molar-refractivity contribution in [3.05, 3.63) is 0 Å². The summed E-state index contributed by atoms with van der Waals surface area (Å²) in [5.74, 6) is -3.85. The summed E-state index contributed by atoms with van der Waals surface area (Å²) in [6.07, 6.45) is 1.89. The van der Waals surface area contributed by atoms with Gasteiger partial charge in [0.25, 0.3) is 0 Å². The highest BCUT2D eigenvalue weighted by Gasteiger charge is 2.30. The molecule has 0 bridgehead atoms. The Bertz CT molecular complexity index is 664. The highest BCUT2D eigenvalue weighted by Crippen LogP contribution is 2.08. The minimum absolute atomic E-state index is 0.00834. The Hall–Kier alpha value is -1.99. The van der Waals surface area contributed by atoms with Crippen LogP contribution in [0.4, 0.5) is 0 Å². The summed E-state index contributed by atoms with van der Waals surface area (Å²) in [6, 6.07) is -4.34. The minimum Gasteiger partial charge on any atom is -0.481 e. The van der Waals surface area contributed by atoms with E-state index in [4.69, 9.17) is 10.8 Å². The van der Waals surface area contributed by atoms with Crippen molar-refractivity contribution in [3.63, 3.8) is 0 Å². The first kappa shape index (κ1) is 30.0. The van der Waals surface area contributed by atoms with Gasteiger partial charge < -0.3 is 31.9 Å². The van der Waals surface area contributed by atoms with Crippen LogP contribution in [0.3, 0.4) is 0 Å². The van der Waals surface area contributed by atoms with Crippen LogP contribution in [-0.2, 0) is 24.0 Å². The van der Waals surface area contributed by atoms with E-state index in [1.807, 2.05) is 20.1 Å². The van der Waals surface area contributed by atoms with E-state index in [0.717, 1.165) is 0 Å². The fraction of sp³-hybridized carbons (Fsp3) is 0.737. The van der Waals surface area contributed by atoms with Gasteiger partial charge in [-0.1, -0.05) is 13.8 Å². The number of hydrogen-bond donors (Lipinski definition) is 7. The molecule has 0 aromatic carbocycles. The van der Waals surface area contributed by atoms with Crippen molar-refractivity contribution in [1.29, 1.82) is 0 Å². The molecule has 0 rings (SSSR count). The summed E-state index contributed by atoms with van der Waals surface area (Å²) >= 11 is 5.50. The second kappa shape index (κ2) is 15.8. The van der Waals surface area contributed by atoms with Gasteiger partial charge in [0.05, 0.1) is 6.04 Å². The van der Waals surface area contributed by atoms with Gasteiger partial charge >= 0.3 is 11.9 Å². The van der Waals surface area contributed by atoms with Gasteiger partial charge in [0.15, 0.2) is 0 Å². The molecule has 4 unspecified atom stereocenters. The molecule has 0 fully saturated rings. The van der Waals surface area contributed by atoms with Gasteiger partial charge in [0.1, 0.15) is 18.1 Å². The van der Waals surface area contributed by atoms with Crippen LogP contribution in [0.5, 0.6) is 0 Å². The molecule has 0 aliphatic rings. The van der Waals surface area contributed by atoms with Gasteiger partial charge in [-0.15, -0.1) is 0 Å². The van der Waals surface area contributed by atoms with Crippen molar-refractivity contribution in [2.45, 2.75) is 63.7 Å². The summed E-state index contributed by atoms with van der Waals surface area (Å²) in [5, 5.41) is 25.4. The fourth-order valence-electron chi connectivity index (χ4n) is 2.62. The molecule has 32 heavy (non-hydrogen) atoms. The average molecular weight is 495 g/mol. The molecular weight excluding hydrogens is 460 g/mol. The lowest BCUT2D eigenvalue weighted by atomic mass is 10.0. The number of thiol groups is 1. The normalized spacial score (nSPS) is 14.7. The molecule has 0 aromatic rings. The summed E-state index contributed by atoms with van der Waals surface area (Å²) < 4.78 is 0. The molecule has 184 valence electrons. The van der Waals surface area contributed by atoms with Crippen LogP contribution >= 0.6 is 24.4 Å². The Morgan fingerprint density at radius 3 is 1.91 bits per heavy atom. The zero-order valence-corrected chi connectivity index (χ0v) is 20.2. The quantitative estimate of drug-likeness (QED) is 0.138. The molecule has 4 atom stereocenters. The minimum atomic E-state index is -1.17. The molecule has 0 spiro atoms. The van der Waals surface area contributed by atoms with Crippen molar-refractivity contribution >= 4 is 54.1 Å². The number of rotatable bonds is 16. The monoisotopic (exact) mass is 494 g/mol. The second-order valence-corrected chi connectivity index (χ2v) is 9.01. The number of hydrogen-bond acceptors (Lipinski definition) is 8. The van der Waals surface area contributed by atoms with E-state index in [1.54, 1.807) is 0 Å². The number of carbonyl (C=O) groups is 5. The van der Waals surface area contributed by atoms with E-state index in [1.165, 1.54) is 11.8 Å². The zero-order valence-electron chi connectivity index (χ0n) is 18.5. The topological polar surface area (TPSA) is 188 Å². The third-order valence-electron chi connectivity index (χ3n) is 4.39. The number of carboxylic acid groups (broad SMARTS) is 2. The van der Waals surface area contributed by atoms with Crippen LogP contribution in [0.2, 0.25) is 0 Å². The largest absolute Gasteiger partial charge is 0.481 e. The van der Waals surface area contributed by atoms with Gasteiger partial charge in [0, 0.05) is 12.2 Å². The first-order valence-electron chi connectivity index (χ1n) is 10.1. The lowest BCUT2D eigenvalue weighted by molar-refractivity contribution is -0.142. The Labute approximate surface area is 197 Å². The number of carboxylic acids is 2. The number of carbonyl (C=O) groups excluding carboxylic acids is 3. The summed E-state index contributed by atoms with van der Waals surface area (Å²) in [5.41, 5.74) is 5.65. The highest BCUT2D eigenvalue weighted by atomic mass is 32.2. The van der Waals surface area contributed by atoms with Crippen molar-refractivity contribution in [1.82, 2.24) is 16.0 Å². The maximum atomic E-state index is 12.7. The second-order valence-electron chi connectivity index (χ2n) is 7.65. The fourth-order valence-corrected chi connectivity index (χ4v) is 3.35. The maximum absolute atomic E-state index is 12.7. The molecule has 0 saturated carbocycles. The van der Waals surface area contributed by atoms with E-state index < -0.39 is 53.8 Å². The number of thioether (sulfide) groups is 1. The van der Waals surface area contributed by atoms with Crippen molar-refractivity contribution in [2.75, 3.05) is 17.8 Å². The van der Waals surface area contributed by atoms with Gasteiger partial charge in [-0.2, -0.15) is 24.4 Å². The Morgan fingerprint density at radius 2 is 1.44 bits per heavy atom. The maximum Gasteiger partial charge on any atom is 0.326 e. The molecule has 11 nitrogen and oxygen atoms in total. The molecule has 0 radical (unpaired) electrons. The number of nitrogens with one attached hydrogen (secondary N) is 3. The van der Waals surface area contributed by atoms with Crippen molar-refractivity contribution < 1.29 is 34.2 Å². The summed E-state index contributed by atoms with van der Waals surface area (Å²) in [7, 11) is 0. The first-order valence-corrected chi connectivity index (χ1v) is 12.2. The van der Waals surface area contributed by atoms with Crippen LogP contribution in [-0.4, -0.2) is 81.8 Å². The molecule has 3 amide bonds. The molecule has 0 saturated heterocycles. The van der Waals surface area contributed by atoms with Gasteiger partial charge in [-0.05, 0) is 37.2 Å². The van der Waals surface area contributed by atoms with Gasteiger partial charge in [-0.25, -0.2) is 4.79 Å². The van der Waals surface area contributed by atoms with Crippen molar-refractivity contribution in [2.24, 2.45) is 11.7 Å². The third kappa shape index (κ3) is 12.2. The summed E-state index contributed by atoms with van der Waals surface area (Å²) in [4.78, 5) is 59.6. The Balaban J connectivity index is 5.19. The highest BCUT2D eigenvalue weighted by molar-refractivity contribution is 7.98. The van der Waals surface area contributed by atoms with Crippen LogP contribution < -0.4 is 21.7 Å². The van der Waals surface area contributed by atoms with Crippen LogP contribution in [0, 0.1) is 5.92 Å². The molecule has 0 aromatic heterocycles. The smallest absolute Gasteiger partial charge is 0.326 e. The molecule has 7 N–H and O–H groups in total. The number of amides is 3. The molecule has 13 heteroatoms. The Kier molecular flexibility index (Phi) is 14.8.